The summed E-state index contributed by atoms with van der Waals surface area (Å²) in [6.07, 6.45) is 0.395. The van der Waals surface area contributed by atoms with Gasteiger partial charge in [0.1, 0.15) is 6.04 Å². The summed E-state index contributed by atoms with van der Waals surface area (Å²) >= 11 is 12.1. The number of carbonyl (C=O) groups excluding carboxylic acids is 3. The normalized spacial score (nSPS) is 17.0. The van der Waals surface area contributed by atoms with Crippen LogP contribution in [0.15, 0.2) is 48.6 Å². The number of rotatable bonds is 7. The first-order chi connectivity index (χ1) is 17.8. The van der Waals surface area contributed by atoms with Crippen molar-refractivity contribution in [2.45, 2.75) is 50.9 Å². The van der Waals surface area contributed by atoms with Crippen molar-refractivity contribution in [1.29, 1.82) is 0 Å². The molecule has 1 fully saturated rings. The minimum Gasteiger partial charge on any atom is -0.354 e. The van der Waals surface area contributed by atoms with E-state index in [1.807, 2.05) is 0 Å². The molecular formula is C27H28Cl2F3N3O3. The summed E-state index contributed by atoms with van der Waals surface area (Å²) < 4.78 is 40.1. The van der Waals surface area contributed by atoms with Crippen LogP contribution in [0, 0.1) is 6.92 Å². The van der Waals surface area contributed by atoms with E-state index in [-0.39, 0.29) is 23.5 Å². The Morgan fingerprint density at radius 3 is 2.58 bits per heavy atom. The molecule has 11 heteroatoms. The zero-order valence-corrected chi connectivity index (χ0v) is 22.4. The summed E-state index contributed by atoms with van der Waals surface area (Å²) in [7, 11) is 1.45. The van der Waals surface area contributed by atoms with Crippen molar-refractivity contribution in [2.75, 3.05) is 13.6 Å². The minimum atomic E-state index is -4.61. The third-order valence-electron chi connectivity index (χ3n) is 6.22. The molecule has 204 valence electrons. The van der Waals surface area contributed by atoms with Crippen LogP contribution in [0.3, 0.4) is 0 Å². The third-order valence-corrected chi connectivity index (χ3v) is 6.96. The quantitative estimate of drug-likeness (QED) is 0.441. The summed E-state index contributed by atoms with van der Waals surface area (Å²) in [5, 5.41) is 6.05. The number of carbonyl (C=O) groups is 3. The standard InChI is InChI=1S/C27H28Cl2F3N3O3/c1-16-11-18(15-19(12-16)27(30,31)32)26(38)35(2)20(13-17-6-8-21(28)22(29)14-17)7-9-24(36)34-23-5-3-4-10-33-25(23)37/h6-9,11-12,14-15,20,23H,3-5,10,13H2,1-2H3,(H,33,37)(H,34,36)/b9-7+/t20-,23?/m0/s1. The van der Waals surface area contributed by atoms with E-state index in [0.29, 0.717) is 28.6 Å². The van der Waals surface area contributed by atoms with Crippen LogP contribution >= 0.6 is 23.2 Å². The summed E-state index contributed by atoms with van der Waals surface area (Å²) in [6, 6.07) is 6.67. The van der Waals surface area contributed by atoms with E-state index in [9.17, 15) is 27.6 Å². The molecule has 0 aromatic heterocycles. The molecule has 0 spiro atoms. The van der Waals surface area contributed by atoms with Gasteiger partial charge >= 0.3 is 6.18 Å². The zero-order valence-electron chi connectivity index (χ0n) is 20.9. The molecule has 0 radical (unpaired) electrons. The molecule has 38 heavy (non-hydrogen) atoms. The Morgan fingerprint density at radius 2 is 1.89 bits per heavy atom. The van der Waals surface area contributed by atoms with Crippen LogP contribution in [0.25, 0.3) is 0 Å². The number of amides is 3. The number of aryl methyl sites for hydroxylation is 1. The predicted molar refractivity (Wildman–Crippen MR) is 140 cm³/mol. The van der Waals surface area contributed by atoms with Gasteiger partial charge in [0.25, 0.3) is 5.91 Å². The minimum absolute atomic E-state index is 0.132. The summed E-state index contributed by atoms with van der Waals surface area (Å²) in [6.45, 7) is 2.03. The van der Waals surface area contributed by atoms with Crippen LogP contribution in [0.5, 0.6) is 0 Å². The highest BCUT2D eigenvalue weighted by Crippen LogP contribution is 2.31. The summed E-state index contributed by atoms with van der Waals surface area (Å²) in [4.78, 5) is 39.4. The highest BCUT2D eigenvalue weighted by Gasteiger charge is 2.32. The van der Waals surface area contributed by atoms with Gasteiger partial charge in [0.15, 0.2) is 0 Å². The van der Waals surface area contributed by atoms with Gasteiger partial charge in [-0.3, -0.25) is 14.4 Å². The molecule has 1 aliphatic rings. The molecule has 1 heterocycles. The summed E-state index contributed by atoms with van der Waals surface area (Å²) in [5.41, 5.74) is -0.0782. The van der Waals surface area contributed by atoms with Crippen molar-refractivity contribution in [1.82, 2.24) is 15.5 Å². The number of benzene rings is 2. The topological polar surface area (TPSA) is 78.5 Å². The second-order valence-electron chi connectivity index (χ2n) is 9.23. The van der Waals surface area contributed by atoms with E-state index >= 15 is 0 Å². The zero-order chi connectivity index (χ0) is 28.0. The predicted octanol–water partition coefficient (Wildman–Crippen LogP) is 5.35. The van der Waals surface area contributed by atoms with E-state index in [0.717, 1.165) is 25.0 Å². The van der Waals surface area contributed by atoms with Gasteiger partial charge in [0.2, 0.25) is 11.8 Å². The van der Waals surface area contributed by atoms with Gasteiger partial charge in [-0.1, -0.05) is 35.3 Å². The van der Waals surface area contributed by atoms with E-state index in [1.165, 1.54) is 37.1 Å². The van der Waals surface area contributed by atoms with Crippen molar-refractivity contribution in [2.24, 2.45) is 0 Å². The first-order valence-corrected chi connectivity index (χ1v) is 12.8. The number of hydrogen-bond acceptors (Lipinski definition) is 3. The van der Waals surface area contributed by atoms with E-state index in [4.69, 9.17) is 23.2 Å². The first kappa shape index (κ1) is 29.5. The van der Waals surface area contributed by atoms with Crippen molar-refractivity contribution in [3.63, 3.8) is 0 Å². The fourth-order valence-electron chi connectivity index (χ4n) is 4.16. The number of alkyl halides is 3. The maximum Gasteiger partial charge on any atom is 0.416 e. The van der Waals surface area contributed by atoms with Crippen LogP contribution in [-0.4, -0.2) is 48.3 Å². The molecule has 0 bridgehead atoms. The number of nitrogens with zero attached hydrogens (tertiary/aromatic N) is 1. The Morgan fingerprint density at radius 1 is 1.16 bits per heavy atom. The Bertz CT molecular complexity index is 1230. The molecular weight excluding hydrogens is 542 g/mol. The molecule has 2 atom stereocenters. The number of hydrogen-bond donors (Lipinski definition) is 2. The Kier molecular flexibility index (Phi) is 9.84. The van der Waals surface area contributed by atoms with Crippen LogP contribution in [0.4, 0.5) is 13.2 Å². The van der Waals surface area contributed by atoms with E-state index in [1.54, 1.807) is 18.2 Å². The lowest BCUT2D eigenvalue weighted by Gasteiger charge is -2.27. The fourth-order valence-corrected chi connectivity index (χ4v) is 4.48. The van der Waals surface area contributed by atoms with Crippen molar-refractivity contribution in [3.8, 4) is 0 Å². The van der Waals surface area contributed by atoms with Gasteiger partial charge < -0.3 is 15.5 Å². The highest BCUT2D eigenvalue weighted by molar-refractivity contribution is 6.42. The maximum atomic E-state index is 13.4. The Labute approximate surface area is 229 Å². The molecule has 3 amide bonds. The first-order valence-electron chi connectivity index (χ1n) is 12.0. The van der Waals surface area contributed by atoms with E-state index in [2.05, 4.69) is 10.6 Å². The highest BCUT2D eigenvalue weighted by atomic mass is 35.5. The molecule has 3 rings (SSSR count). The molecule has 1 aliphatic heterocycles. The third kappa shape index (κ3) is 7.98. The summed E-state index contributed by atoms with van der Waals surface area (Å²) in [5.74, 6) is -1.44. The van der Waals surface area contributed by atoms with Crippen LogP contribution in [0.2, 0.25) is 10.0 Å². The maximum absolute atomic E-state index is 13.4. The van der Waals surface area contributed by atoms with Crippen LogP contribution in [0.1, 0.15) is 46.3 Å². The lowest BCUT2D eigenvalue weighted by Crippen LogP contribution is -2.45. The van der Waals surface area contributed by atoms with Gasteiger partial charge in [-0.15, -0.1) is 0 Å². The van der Waals surface area contributed by atoms with Crippen molar-refractivity contribution in [3.05, 3.63) is 80.8 Å². The number of nitrogens with one attached hydrogen (secondary N) is 2. The molecule has 0 saturated carbocycles. The number of halogens is 5. The lowest BCUT2D eigenvalue weighted by atomic mass is 10.0. The van der Waals surface area contributed by atoms with Gasteiger partial charge in [-0.05, 0) is 74.1 Å². The Balaban J connectivity index is 1.87. The second kappa shape index (κ2) is 12.7. The monoisotopic (exact) mass is 569 g/mol. The average molecular weight is 570 g/mol. The van der Waals surface area contributed by atoms with Crippen LogP contribution in [-0.2, 0) is 22.2 Å². The number of likely N-dealkylation sites (N-methyl/N-ethyl adjacent to an activating group) is 1. The fraction of sp³-hybridized carbons (Fsp3) is 0.370. The molecule has 2 N–H and O–H groups in total. The van der Waals surface area contributed by atoms with Gasteiger partial charge in [0.05, 0.1) is 21.7 Å². The average Bonchev–Trinajstić information content (AvgIpc) is 3.05. The second-order valence-corrected chi connectivity index (χ2v) is 10.0. The van der Waals surface area contributed by atoms with E-state index < -0.39 is 35.6 Å². The van der Waals surface area contributed by atoms with Gasteiger partial charge in [-0.2, -0.15) is 13.2 Å². The Hall–Kier alpha value is -3.04. The molecule has 1 saturated heterocycles. The molecule has 1 unspecified atom stereocenters. The lowest BCUT2D eigenvalue weighted by molar-refractivity contribution is -0.137. The molecule has 2 aromatic rings. The van der Waals surface area contributed by atoms with Crippen molar-refractivity contribution < 1.29 is 27.6 Å². The van der Waals surface area contributed by atoms with Gasteiger partial charge in [0, 0.05) is 25.2 Å². The van der Waals surface area contributed by atoms with Gasteiger partial charge in [-0.25, -0.2) is 0 Å². The van der Waals surface area contributed by atoms with Crippen LogP contribution < -0.4 is 10.6 Å². The van der Waals surface area contributed by atoms with Crippen molar-refractivity contribution >= 4 is 40.9 Å². The SMILES string of the molecule is Cc1cc(C(=O)N(C)[C@@H](/C=C/C(=O)NC2CCCCNC2=O)Cc2ccc(Cl)c(Cl)c2)cc(C(F)(F)F)c1. The molecule has 0 aliphatic carbocycles. The largest absolute Gasteiger partial charge is 0.416 e. The molecule has 6 nitrogen and oxygen atoms in total. The molecule has 2 aromatic carbocycles. The smallest absolute Gasteiger partial charge is 0.354 e.